The van der Waals surface area contributed by atoms with Crippen LogP contribution in [0.2, 0.25) is 0 Å². The largest absolute Gasteiger partial charge is 0.384 e. The summed E-state index contributed by atoms with van der Waals surface area (Å²) in [5.74, 6) is -0.559. The van der Waals surface area contributed by atoms with E-state index in [0.717, 1.165) is 0 Å². The number of nitrogens with one attached hydrogen (secondary N) is 2. The van der Waals surface area contributed by atoms with E-state index in [1.54, 1.807) is 6.07 Å². The second-order valence-electron chi connectivity index (χ2n) is 3.52. The summed E-state index contributed by atoms with van der Waals surface area (Å²) in [6.45, 7) is 2.42. The fourth-order valence-corrected chi connectivity index (χ4v) is 2.47. The lowest BCUT2D eigenvalue weighted by atomic mass is 10.4. The fourth-order valence-electron chi connectivity index (χ4n) is 1.32. The Kier molecular flexibility index (Phi) is 5.05. The van der Waals surface area contributed by atoms with Crippen molar-refractivity contribution in [1.29, 1.82) is 0 Å². The molecule has 0 aliphatic carbocycles. The lowest BCUT2D eigenvalue weighted by Gasteiger charge is -2.11. The van der Waals surface area contributed by atoms with Crippen molar-refractivity contribution in [3.8, 4) is 0 Å². The minimum atomic E-state index is -3.69. The summed E-state index contributed by atoms with van der Waals surface area (Å²) in [7, 11) is -3.69. The van der Waals surface area contributed by atoms with Gasteiger partial charge in [-0.1, -0.05) is 0 Å². The molecule has 0 fully saturated rings. The second-order valence-corrected chi connectivity index (χ2v) is 5.25. The molecule has 4 N–H and O–H groups in total. The van der Waals surface area contributed by atoms with Gasteiger partial charge in [0.2, 0.25) is 15.9 Å². The van der Waals surface area contributed by atoms with Crippen molar-refractivity contribution >= 4 is 21.6 Å². The number of primary amides is 1. The number of nitrogens with zero attached hydrogens (tertiary/aromatic N) is 1. The Morgan fingerprint density at radius 2 is 2.22 bits per heavy atom. The summed E-state index contributed by atoms with van der Waals surface area (Å²) in [5, 5.41) is 2.93. The van der Waals surface area contributed by atoms with Crippen LogP contribution in [-0.4, -0.2) is 32.4 Å². The van der Waals surface area contributed by atoms with Crippen LogP contribution in [0.4, 0.5) is 5.69 Å². The molecule has 8 heteroatoms. The van der Waals surface area contributed by atoms with Gasteiger partial charge in [0.05, 0.1) is 5.69 Å². The van der Waals surface area contributed by atoms with Crippen LogP contribution in [0.25, 0.3) is 0 Å². The average molecular weight is 272 g/mol. The minimum absolute atomic E-state index is 0.0296. The normalized spacial score (nSPS) is 11.2. The van der Waals surface area contributed by atoms with Gasteiger partial charge >= 0.3 is 0 Å². The molecule has 1 aromatic heterocycles. The number of aromatic nitrogens is 1. The molecule has 0 aromatic carbocycles. The molecule has 1 heterocycles. The Hall–Kier alpha value is -1.67. The first-order valence-electron chi connectivity index (χ1n) is 5.43. The number of sulfonamides is 1. The van der Waals surface area contributed by atoms with Crippen molar-refractivity contribution in [3.05, 3.63) is 18.5 Å². The summed E-state index contributed by atoms with van der Waals surface area (Å²) >= 11 is 0. The number of anilines is 1. The molecule has 0 atom stereocenters. The third-order valence-corrected chi connectivity index (χ3v) is 3.59. The van der Waals surface area contributed by atoms with Crippen LogP contribution in [0.3, 0.4) is 0 Å². The van der Waals surface area contributed by atoms with Gasteiger partial charge in [0.1, 0.15) is 4.90 Å². The summed E-state index contributed by atoms with van der Waals surface area (Å²) in [4.78, 5) is 14.4. The number of pyridine rings is 1. The molecular formula is C10H16N4O3S. The van der Waals surface area contributed by atoms with Crippen molar-refractivity contribution in [2.75, 3.05) is 18.4 Å². The van der Waals surface area contributed by atoms with E-state index in [-0.39, 0.29) is 17.9 Å². The molecule has 0 saturated carbocycles. The Labute approximate surface area is 106 Å². The van der Waals surface area contributed by atoms with Crippen LogP contribution in [0.1, 0.15) is 13.3 Å². The molecule has 0 saturated heterocycles. The number of nitrogens with two attached hydrogens (primary N) is 1. The molecule has 18 heavy (non-hydrogen) atoms. The first-order chi connectivity index (χ1) is 8.47. The molecule has 0 aliphatic heterocycles. The maximum atomic E-state index is 12.0. The molecule has 1 amide bonds. The van der Waals surface area contributed by atoms with Gasteiger partial charge in [0.15, 0.2) is 0 Å². The first kappa shape index (κ1) is 14.4. The number of amides is 1. The van der Waals surface area contributed by atoms with Gasteiger partial charge in [0.25, 0.3) is 0 Å². The molecule has 0 radical (unpaired) electrons. The van der Waals surface area contributed by atoms with E-state index in [4.69, 9.17) is 5.73 Å². The SMILES string of the molecule is CCNc1ccncc1S(=O)(=O)NCCC(N)=O. The van der Waals surface area contributed by atoms with E-state index in [1.165, 1.54) is 12.4 Å². The zero-order valence-electron chi connectivity index (χ0n) is 10.0. The van der Waals surface area contributed by atoms with Crippen LogP contribution in [-0.2, 0) is 14.8 Å². The third kappa shape index (κ3) is 3.97. The van der Waals surface area contributed by atoms with Crippen molar-refractivity contribution < 1.29 is 13.2 Å². The standard InChI is InChI=1S/C10H16N4O3S/c1-2-13-8-3-5-12-7-9(8)18(16,17)14-6-4-10(11)15/h3,5,7,14H,2,4,6H2,1H3,(H2,11,15)(H,12,13). The summed E-state index contributed by atoms with van der Waals surface area (Å²) < 4.78 is 26.2. The number of hydrogen-bond donors (Lipinski definition) is 3. The molecule has 0 aliphatic rings. The van der Waals surface area contributed by atoms with E-state index in [1.807, 2.05) is 6.92 Å². The molecule has 7 nitrogen and oxygen atoms in total. The quantitative estimate of drug-likeness (QED) is 0.628. The number of hydrogen-bond acceptors (Lipinski definition) is 5. The maximum Gasteiger partial charge on any atom is 0.244 e. The summed E-state index contributed by atoms with van der Waals surface area (Å²) in [6, 6.07) is 1.58. The van der Waals surface area contributed by atoms with Gasteiger partial charge < -0.3 is 11.1 Å². The van der Waals surface area contributed by atoms with Crippen LogP contribution in [0, 0.1) is 0 Å². The zero-order valence-corrected chi connectivity index (χ0v) is 10.8. The van der Waals surface area contributed by atoms with E-state index in [2.05, 4.69) is 15.0 Å². The van der Waals surface area contributed by atoms with Crippen LogP contribution in [0.5, 0.6) is 0 Å². The van der Waals surface area contributed by atoms with E-state index >= 15 is 0 Å². The van der Waals surface area contributed by atoms with E-state index in [0.29, 0.717) is 12.2 Å². The summed E-state index contributed by atoms with van der Waals surface area (Å²) in [5.41, 5.74) is 5.41. The highest BCUT2D eigenvalue weighted by Crippen LogP contribution is 2.18. The molecule has 0 spiro atoms. The zero-order chi connectivity index (χ0) is 13.6. The molecular weight excluding hydrogens is 256 g/mol. The molecule has 1 rings (SSSR count). The van der Waals surface area contributed by atoms with Crippen LogP contribution < -0.4 is 15.8 Å². The van der Waals surface area contributed by atoms with Crippen molar-refractivity contribution in [3.63, 3.8) is 0 Å². The highest BCUT2D eigenvalue weighted by atomic mass is 32.2. The fraction of sp³-hybridized carbons (Fsp3) is 0.400. The topological polar surface area (TPSA) is 114 Å². The smallest absolute Gasteiger partial charge is 0.244 e. The minimum Gasteiger partial charge on any atom is -0.384 e. The third-order valence-electron chi connectivity index (χ3n) is 2.10. The van der Waals surface area contributed by atoms with Gasteiger partial charge in [-0.05, 0) is 13.0 Å². The lowest BCUT2D eigenvalue weighted by Crippen LogP contribution is -2.28. The van der Waals surface area contributed by atoms with Gasteiger partial charge in [0, 0.05) is 31.9 Å². The molecule has 100 valence electrons. The van der Waals surface area contributed by atoms with Crippen LogP contribution in [0.15, 0.2) is 23.4 Å². The van der Waals surface area contributed by atoms with Gasteiger partial charge in [-0.2, -0.15) is 0 Å². The molecule has 0 bridgehead atoms. The second kappa shape index (κ2) is 6.31. The van der Waals surface area contributed by atoms with Crippen LogP contribution >= 0.6 is 0 Å². The van der Waals surface area contributed by atoms with Gasteiger partial charge in [-0.25, -0.2) is 13.1 Å². The summed E-state index contributed by atoms with van der Waals surface area (Å²) in [6.07, 6.45) is 2.71. The lowest BCUT2D eigenvalue weighted by molar-refractivity contribution is -0.117. The van der Waals surface area contributed by atoms with E-state index < -0.39 is 15.9 Å². The number of rotatable bonds is 7. The molecule has 1 aromatic rings. The van der Waals surface area contributed by atoms with Gasteiger partial charge in [-0.15, -0.1) is 0 Å². The van der Waals surface area contributed by atoms with Crippen molar-refractivity contribution in [2.24, 2.45) is 5.73 Å². The highest BCUT2D eigenvalue weighted by molar-refractivity contribution is 7.89. The van der Waals surface area contributed by atoms with Gasteiger partial charge in [-0.3, -0.25) is 9.78 Å². The number of carbonyl (C=O) groups excluding carboxylic acids is 1. The van der Waals surface area contributed by atoms with Crippen molar-refractivity contribution in [2.45, 2.75) is 18.2 Å². The highest BCUT2D eigenvalue weighted by Gasteiger charge is 2.18. The number of carbonyl (C=O) groups is 1. The van der Waals surface area contributed by atoms with Crippen molar-refractivity contribution in [1.82, 2.24) is 9.71 Å². The monoisotopic (exact) mass is 272 g/mol. The maximum absolute atomic E-state index is 12.0. The molecule has 0 unspecified atom stereocenters. The predicted molar refractivity (Wildman–Crippen MR) is 67.4 cm³/mol. The Morgan fingerprint density at radius 3 is 2.83 bits per heavy atom. The Balaban J connectivity index is 2.87. The first-order valence-corrected chi connectivity index (χ1v) is 6.91. The Morgan fingerprint density at radius 1 is 1.50 bits per heavy atom. The van der Waals surface area contributed by atoms with E-state index in [9.17, 15) is 13.2 Å². The average Bonchev–Trinajstić information content (AvgIpc) is 2.29. The Bertz CT molecular complexity index is 516. The predicted octanol–water partition coefficient (Wildman–Crippen LogP) is -0.333.